The first-order valence-electron chi connectivity index (χ1n) is 8.27. The van der Waals surface area contributed by atoms with Crippen molar-refractivity contribution in [3.63, 3.8) is 0 Å². The Labute approximate surface area is 154 Å². The highest BCUT2D eigenvalue weighted by molar-refractivity contribution is 5.87. The number of rotatable bonds is 0. The molecule has 3 heterocycles. The van der Waals surface area contributed by atoms with E-state index in [0.29, 0.717) is 6.04 Å². The van der Waals surface area contributed by atoms with Crippen molar-refractivity contribution in [2.75, 3.05) is 20.1 Å². The Balaban J connectivity index is 0.00000135. The number of fused-ring (bicyclic) bond motifs is 4. The summed E-state index contributed by atoms with van der Waals surface area (Å²) in [4.78, 5) is 3.52. The maximum Gasteiger partial charge on any atom is 0.143 e. The Morgan fingerprint density at radius 3 is 2.52 bits per heavy atom. The lowest BCUT2D eigenvalue weighted by Crippen LogP contribution is -3.00. The highest BCUT2D eigenvalue weighted by Gasteiger charge is 2.42. The van der Waals surface area contributed by atoms with Crippen molar-refractivity contribution in [1.29, 1.82) is 0 Å². The van der Waals surface area contributed by atoms with E-state index in [1.807, 2.05) is 0 Å². The molecule has 2 aliphatic rings. The lowest BCUT2D eigenvalue weighted by molar-refractivity contribution is -0.935. The van der Waals surface area contributed by atoms with Gasteiger partial charge in [-0.25, -0.2) is 0 Å². The molecule has 5 rings (SSSR count). The first-order valence-corrected chi connectivity index (χ1v) is 8.27. The fraction of sp³-hybridized carbons (Fsp3) is 0.300. The molecule has 2 unspecified atom stereocenters. The molecule has 3 heteroatoms. The zero-order chi connectivity index (χ0) is 14.7. The number of hydrogen-bond donors (Lipinski definition) is 1. The minimum atomic E-state index is 0. The third-order valence-corrected chi connectivity index (χ3v) is 5.87. The van der Waals surface area contributed by atoms with Crippen molar-refractivity contribution >= 4 is 10.9 Å². The summed E-state index contributed by atoms with van der Waals surface area (Å²) in [5, 5.41) is 1.48. The molecule has 2 atom stereocenters. The highest BCUT2D eigenvalue weighted by Crippen LogP contribution is 2.44. The SMILES string of the molecule is C[N+]12CCc3ccccc3C1c1c[nH]c3cccc(c13)CC2.[I-]. The number of quaternary nitrogens is 1. The number of H-pyrrole nitrogens is 1. The Bertz CT molecular complexity index is 882. The van der Waals surface area contributed by atoms with E-state index in [9.17, 15) is 0 Å². The average molecular weight is 416 g/mol. The van der Waals surface area contributed by atoms with Crippen LogP contribution in [0.2, 0.25) is 0 Å². The van der Waals surface area contributed by atoms with Crippen molar-refractivity contribution in [2.24, 2.45) is 0 Å². The van der Waals surface area contributed by atoms with E-state index in [0.717, 1.165) is 4.48 Å². The Kier molecular flexibility index (Phi) is 3.54. The van der Waals surface area contributed by atoms with Crippen molar-refractivity contribution < 1.29 is 28.5 Å². The summed E-state index contributed by atoms with van der Waals surface area (Å²) in [6, 6.07) is 16.3. The van der Waals surface area contributed by atoms with Crippen molar-refractivity contribution in [1.82, 2.24) is 4.98 Å². The van der Waals surface area contributed by atoms with Crippen LogP contribution in [0.4, 0.5) is 0 Å². The van der Waals surface area contributed by atoms with Gasteiger partial charge in [0.15, 0.2) is 0 Å². The number of nitrogens with one attached hydrogen (secondary N) is 1. The molecule has 2 nitrogen and oxygen atoms in total. The zero-order valence-electron chi connectivity index (χ0n) is 13.3. The summed E-state index contributed by atoms with van der Waals surface area (Å²) >= 11 is 0. The first-order chi connectivity index (χ1) is 10.8. The number of aromatic nitrogens is 1. The van der Waals surface area contributed by atoms with E-state index in [2.05, 4.69) is 60.7 Å². The van der Waals surface area contributed by atoms with Gasteiger partial charge in [-0.1, -0.05) is 36.4 Å². The van der Waals surface area contributed by atoms with Crippen LogP contribution in [0.5, 0.6) is 0 Å². The molecule has 3 aromatic rings. The molecule has 0 radical (unpaired) electrons. The van der Waals surface area contributed by atoms with Gasteiger partial charge in [0.25, 0.3) is 0 Å². The van der Waals surface area contributed by atoms with Crippen molar-refractivity contribution in [3.8, 4) is 0 Å². The number of halogens is 1. The van der Waals surface area contributed by atoms with Gasteiger partial charge in [0, 0.05) is 41.1 Å². The summed E-state index contributed by atoms with van der Waals surface area (Å²) in [5.74, 6) is 0. The Hall–Kier alpha value is -1.33. The third-order valence-electron chi connectivity index (χ3n) is 5.87. The molecule has 1 aromatic heterocycles. The van der Waals surface area contributed by atoms with Crippen LogP contribution >= 0.6 is 0 Å². The Morgan fingerprint density at radius 1 is 0.913 bits per heavy atom. The first kappa shape index (κ1) is 15.2. The molecule has 2 aromatic carbocycles. The predicted octanol–water partition coefficient (Wildman–Crippen LogP) is 0.820. The van der Waals surface area contributed by atoms with Gasteiger partial charge in [-0.15, -0.1) is 0 Å². The standard InChI is InChI=1S/C20H21N2.HI/c1-22-11-9-14-5-2-3-7-16(14)20(22)17-13-21-18-8-4-6-15(10-12-22)19(17)18;/h2-8,13,20-21H,9-12H2,1H3;1H/q+1;/p-1. The van der Waals surface area contributed by atoms with Crippen LogP contribution in [0.25, 0.3) is 10.9 Å². The molecule has 1 N–H and O–H groups in total. The molecule has 0 saturated heterocycles. The second-order valence-corrected chi connectivity index (χ2v) is 7.11. The van der Waals surface area contributed by atoms with Gasteiger partial charge in [0.2, 0.25) is 0 Å². The molecular weight excluding hydrogens is 395 g/mol. The van der Waals surface area contributed by atoms with Gasteiger partial charge in [0.05, 0.1) is 20.1 Å². The molecule has 0 bridgehead atoms. The van der Waals surface area contributed by atoms with Crippen LogP contribution in [0.1, 0.15) is 28.3 Å². The number of nitrogens with zero attached hydrogens (tertiary/aromatic N) is 1. The fourth-order valence-corrected chi connectivity index (χ4v) is 4.70. The van der Waals surface area contributed by atoms with E-state index in [-0.39, 0.29) is 24.0 Å². The predicted molar refractivity (Wildman–Crippen MR) is 89.9 cm³/mol. The summed E-state index contributed by atoms with van der Waals surface area (Å²) < 4.78 is 1.14. The number of aromatic amines is 1. The number of hydrogen-bond acceptors (Lipinski definition) is 0. The molecule has 0 aliphatic carbocycles. The average Bonchev–Trinajstić information content (AvgIpc) is 2.91. The number of likely N-dealkylation sites (N-methyl/N-ethyl adjacent to an activating group) is 1. The molecular formula is C20H21IN2. The molecule has 2 aliphatic heterocycles. The fourth-order valence-electron chi connectivity index (χ4n) is 4.70. The van der Waals surface area contributed by atoms with Crippen LogP contribution in [0.3, 0.4) is 0 Å². The van der Waals surface area contributed by atoms with Crippen LogP contribution in [-0.4, -0.2) is 29.6 Å². The molecule has 0 spiro atoms. The van der Waals surface area contributed by atoms with Gasteiger partial charge in [-0.3, -0.25) is 0 Å². The second-order valence-electron chi connectivity index (χ2n) is 7.11. The molecule has 0 fully saturated rings. The number of benzene rings is 2. The molecule has 0 saturated carbocycles. The minimum absolute atomic E-state index is 0. The van der Waals surface area contributed by atoms with Gasteiger partial charge < -0.3 is 33.4 Å². The topological polar surface area (TPSA) is 15.8 Å². The van der Waals surface area contributed by atoms with Gasteiger partial charge in [-0.2, -0.15) is 0 Å². The molecule has 0 amide bonds. The minimum Gasteiger partial charge on any atom is -1.00 e. The summed E-state index contributed by atoms with van der Waals surface area (Å²) in [6.07, 6.45) is 4.65. The summed E-state index contributed by atoms with van der Waals surface area (Å²) in [6.45, 7) is 2.47. The van der Waals surface area contributed by atoms with Crippen LogP contribution in [-0.2, 0) is 12.8 Å². The van der Waals surface area contributed by atoms with Crippen molar-refractivity contribution in [2.45, 2.75) is 18.9 Å². The van der Waals surface area contributed by atoms with Crippen molar-refractivity contribution in [3.05, 3.63) is 70.9 Å². The molecule has 23 heavy (non-hydrogen) atoms. The van der Waals surface area contributed by atoms with Gasteiger partial charge in [0.1, 0.15) is 6.04 Å². The third kappa shape index (κ3) is 2.09. The van der Waals surface area contributed by atoms with Gasteiger partial charge in [-0.05, 0) is 17.2 Å². The summed E-state index contributed by atoms with van der Waals surface area (Å²) in [5.41, 5.74) is 7.38. The van der Waals surface area contributed by atoms with E-state index >= 15 is 0 Å². The lowest BCUT2D eigenvalue weighted by Gasteiger charge is -2.44. The van der Waals surface area contributed by atoms with Gasteiger partial charge >= 0.3 is 0 Å². The molecule has 118 valence electrons. The lowest BCUT2D eigenvalue weighted by atomic mass is 9.87. The quantitative estimate of drug-likeness (QED) is 0.413. The monoisotopic (exact) mass is 416 g/mol. The zero-order valence-corrected chi connectivity index (χ0v) is 15.5. The van der Waals surface area contributed by atoms with E-state index in [1.54, 1.807) is 0 Å². The maximum atomic E-state index is 3.52. The van der Waals surface area contributed by atoms with Crippen LogP contribution in [0.15, 0.2) is 48.7 Å². The van der Waals surface area contributed by atoms with Crippen LogP contribution < -0.4 is 24.0 Å². The Morgan fingerprint density at radius 2 is 1.65 bits per heavy atom. The van der Waals surface area contributed by atoms with E-state index < -0.39 is 0 Å². The highest BCUT2D eigenvalue weighted by atomic mass is 127. The maximum absolute atomic E-state index is 3.52. The second kappa shape index (κ2) is 5.35. The van der Waals surface area contributed by atoms with Crippen LogP contribution in [0, 0.1) is 0 Å². The van der Waals surface area contributed by atoms with E-state index in [1.165, 1.54) is 59.1 Å². The van der Waals surface area contributed by atoms with E-state index in [4.69, 9.17) is 0 Å². The largest absolute Gasteiger partial charge is 1.00 e. The summed E-state index contributed by atoms with van der Waals surface area (Å²) in [7, 11) is 2.45. The smallest absolute Gasteiger partial charge is 0.143 e. The normalized spacial score (nSPS) is 25.2.